The van der Waals surface area contributed by atoms with Crippen molar-refractivity contribution in [2.45, 2.75) is 251 Å². The number of nitrogens with zero attached hydrogens (tertiary/aromatic N) is 1. The van der Waals surface area contributed by atoms with E-state index >= 15 is 0 Å². The maximum absolute atomic E-state index is 13.3. The summed E-state index contributed by atoms with van der Waals surface area (Å²) in [5, 5.41) is 9.66. The highest BCUT2D eigenvalue weighted by atomic mass is 31.2. The van der Waals surface area contributed by atoms with Crippen LogP contribution in [0.15, 0.2) is 24.3 Å². The molecular weight excluding hydrogens is 770 g/mol. The molecule has 0 saturated heterocycles. The minimum Gasteiger partial charge on any atom is -0.457 e. The predicted octanol–water partition coefficient (Wildman–Crippen LogP) is 14.7. The highest BCUT2D eigenvalue weighted by molar-refractivity contribution is 7.53. The summed E-state index contributed by atoms with van der Waals surface area (Å²) in [6.07, 6.45) is 47.6. The summed E-state index contributed by atoms with van der Waals surface area (Å²) in [7, 11) is 1.53. The van der Waals surface area contributed by atoms with E-state index in [1.165, 1.54) is 141 Å². The minimum atomic E-state index is -3.97. The first-order valence-corrected chi connectivity index (χ1v) is 27.0. The number of allylic oxidation sites excluding steroid dienone is 4. The number of ketones is 1. The third kappa shape index (κ3) is 35.2. The number of carbonyl (C=O) groups is 2. The summed E-state index contributed by atoms with van der Waals surface area (Å²) in [5.74, 6) is -0.556. The van der Waals surface area contributed by atoms with Gasteiger partial charge in [-0.2, -0.15) is 0 Å². The van der Waals surface area contributed by atoms with Crippen LogP contribution >= 0.6 is 7.60 Å². The Balaban J connectivity index is 4.18. The van der Waals surface area contributed by atoms with E-state index in [0.29, 0.717) is 25.0 Å². The van der Waals surface area contributed by atoms with Gasteiger partial charge in [0.1, 0.15) is 11.9 Å². The van der Waals surface area contributed by atoms with Crippen molar-refractivity contribution < 1.29 is 37.9 Å². The van der Waals surface area contributed by atoms with Crippen molar-refractivity contribution in [1.82, 2.24) is 0 Å². The van der Waals surface area contributed by atoms with Crippen LogP contribution in [0.5, 0.6) is 0 Å². The second-order valence-electron chi connectivity index (χ2n) is 18.6. The number of aliphatic hydroxyl groups excluding tert-OH is 1. The fourth-order valence-corrected chi connectivity index (χ4v) is 10.0. The van der Waals surface area contributed by atoms with Gasteiger partial charge < -0.3 is 23.7 Å². The maximum Gasteiger partial charge on any atom is 0.385 e. The number of unbranched alkanes of at least 4 members (excludes halogenated alkanes) is 26. The number of esters is 1. The van der Waals surface area contributed by atoms with E-state index in [2.05, 4.69) is 38.2 Å². The lowest BCUT2D eigenvalue weighted by molar-refractivity contribution is -0.883. The molecule has 354 valence electrons. The van der Waals surface area contributed by atoms with E-state index in [-0.39, 0.29) is 23.4 Å². The van der Waals surface area contributed by atoms with E-state index in [0.717, 1.165) is 51.4 Å². The molecule has 0 aliphatic heterocycles. The summed E-state index contributed by atoms with van der Waals surface area (Å²) in [6.45, 7) is 5.57. The van der Waals surface area contributed by atoms with Gasteiger partial charge in [-0.1, -0.05) is 186 Å². The summed E-state index contributed by atoms with van der Waals surface area (Å²) in [4.78, 5) is 36.1. The lowest BCUT2D eigenvalue weighted by Crippen LogP contribution is -2.45. The quantitative estimate of drug-likeness (QED) is 0.0206. The Morgan fingerprint density at radius 1 is 0.583 bits per heavy atom. The predicted molar refractivity (Wildman–Crippen MR) is 255 cm³/mol. The highest BCUT2D eigenvalue weighted by Crippen LogP contribution is 2.51. The van der Waals surface area contributed by atoms with E-state index < -0.39 is 32.1 Å². The second-order valence-corrected chi connectivity index (χ2v) is 20.6. The van der Waals surface area contributed by atoms with Crippen LogP contribution in [-0.4, -0.2) is 72.5 Å². The van der Waals surface area contributed by atoms with E-state index in [4.69, 9.17) is 9.26 Å². The van der Waals surface area contributed by atoms with Crippen molar-refractivity contribution in [1.29, 1.82) is 0 Å². The Morgan fingerprint density at radius 2 is 1.00 bits per heavy atom. The van der Waals surface area contributed by atoms with Gasteiger partial charge in [0, 0.05) is 25.2 Å². The van der Waals surface area contributed by atoms with Crippen LogP contribution in [0.25, 0.3) is 0 Å². The molecule has 0 saturated carbocycles. The first kappa shape index (κ1) is 58.7. The van der Waals surface area contributed by atoms with Crippen LogP contribution in [0.2, 0.25) is 0 Å². The lowest BCUT2D eigenvalue weighted by atomic mass is 9.92. The number of Topliss-reactive ketones (excluding diaryl/α,β-unsaturated/α-hetero) is 1. The van der Waals surface area contributed by atoms with Gasteiger partial charge in [-0.15, -0.1) is 0 Å². The number of ether oxygens (including phenoxy) is 1. The van der Waals surface area contributed by atoms with Gasteiger partial charge in [0.2, 0.25) is 0 Å². The molecule has 0 aliphatic carbocycles. The molecule has 0 bridgehead atoms. The summed E-state index contributed by atoms with van der Waals surface area (Å²) >= 11 is 0. The molecular formula is C51H99NO7P+. The molecule has 0 rings (SSSR count). The van der Waals surface area contributed by atoms with Crippen molar-refractivity contribution in [3.63, 3.8) is 0 Å². The molecule has 9 heteroatoms. The first-order chi connectivity index (χ1) is 28.9. The molecule has 8 nitrogen and oxygen atoms in total. The van der Waals surface area contributed by atoms with Crippen LogP contribution in [0.4, 0.5) is 0 Å². The molecule has 0 fully saturated rings. The summed E-state index contributed by atoms with van der Waals surface area (Å²) in [6, 6.07) is 0. The highest BCUT2D eigenvalue weighted by Gasteiger charge is 2.42. The van der Waals surface area contributed by atoms with E-state index in [9.17, 15) is 24.2 Å². The van der Waals surface area contributed by atoms with Crippen molar-refractivity contribution in [3.8, 4) is 0 Å². The SMILES string of the molecule is CCCCCCCC/C=C\CCCCCCCCCCCCCC(=O)C(/C=C\CCCCCCCC(=O)O[C@H](CO)COP(=O)(O)C(CC)[N+](C)(C)C)CCCCCCC. The van der Waals surface area contributed by atoms with E-state index in [1.54, 1.807) is 0 Å². The zero-order valence-electron chi connectivity index (χ0n) is 40.3. The van der Waals surface area contributed by atoms with Crippen LogP contribution in [0.1, 0.15) is 239 Å². The van der Waals surface area contributed by atoms with Gasteiger partial charge in [-0.3, -0.25) is 14.2 Å². The molecule has 0 heterocycles. The fourth-order valence-electron chi connectivity index (χ4n) is 8.13. The van der Waals surface area contributed by atoms with Gasteiger partial charge in [0.25, 0.3) is 0 Å². The van der Waals surface area contributed by atoms with Crippen LogP contribution in [0.3, 0.4) is 0 Å². The molecule has 2 N–H and O–H groups in total. The monoisotopic (exact) mass is 869 g/mol. The summed E-state index contributed by atoms with van der Waals surface area (Å²) in [5.41, 5.74) is 0. The van der Waals surface area contributed by atoms with Gasteiger partial charge >= 0.3 is 13.6 Å². The Kier molecular flexibility index (Phi) is 39.6. The Morgan fingerprint density at radius 3 is 1.45 bits per heavy atom. The van der Waals surface area contributed by atoms with Crippen LogP contribution < -0.4 is 0 Å². The second kappa shape index (κ2) is 40.5. The van der Waals surface area contributed by atoms with Crippen molar-refractivity contribution in [3.05, 3.63) is 24.3 Å². The largest absolute Gasteiger partial charge is 0.457 e. The van der Waals surface area contributed by atoms with Crippen LogP contribution in [-0.2, 0) is 23.4 Å². The molecule has 0 amide bonds. The topological polar surface area (TPSA) is 110 Å². The molecule has 3 unspecified atom stereocenters. The molecule has 0 aromatic rings. The molecule has 4 atom stereocenters. The first-order valence-electron chi connectivity index (χ1n) is 25.4. The average molecular weight is 869 g/mol. The van der Waals surface area contributed by atoms with Crippen molar-refractivity contribution >= 4 is 19.3 Å². The molecule has 0 aliphatic rings. The smallest absolute Gasteiger partial charge is 0.385 e. The Bertz CT molecular complexity index is 1100. The van der Waals surface area contributed by atoms with Gasteiger partial charge in [-0.05, 0) is 57.8 Å². The number of hydrogen-bond acceptors (Lipinski definition) is 6. The Hall–Kier alpha value is -1.31. The third-order valence-electron chi connectivity index (χ3n) is 11.9. The number of hydrogen-bond donors (Lipinski definition) is 2. The lowest BCUT2D eigenvalue weighted by Gasteiger charge is -2.35. The van der Waals surface area contributed by atoms with Crippen molar-refractivity contribution in [2.75, 3.05) is 34.4 Å². The molecule has 0 aromatic heterocycles. The average Bonchev–Trinajstić information content (AvgIpc) is 3.20. The normalized spacial score (nSPS) is 14.8. The van der Waals surface area contributed by atoms with Gasteiger partial charge in [-0.25, -0.2) is 0 Å². The minimum absolute atomic E-state index is 0.0574. The molecule has 0 spiro atoms. The zero-order chi connectivity index (χ0) is 44.6. The molecule has 0 radical (unpaired) electrons. The number of quaternary nitrogens is 1. The maximum atomic E-state index is 13.3. The number of carbonyl (C=O) groups excluding carboxylic acids is 2. The van der Waals surface area contributed by atoms with Gasteiger partial charge in [0.15, 0.2) is 5.78 Å². The zero-order valence-corrected chi connectivity index (χ0v) is 41.2. The van der Waals surface area contributed by atoms with E-state index in [1.807, 2.05) is 28.1 Å². The fraction of sp³-hybridized carbons (Fsp3) is 0.882. The Labute approximate surface area is 371 Å². The standard InChI is InChI=1S/C51H98NO7P/c1-7-10-12-14-15-16-17-18-19-20-21-22-23-24-25-26-27-28-31-35-39-43-49(54)47(41-37-33-13-11-8-2)42-38-34-30-29-32-36-40-44-51(55)59-48(45-53)46-58-60(56,57)50(9-3)52(4,5)6/h18-19,38,42,47-48,50,53H,7-17,20-37,39-41,43-46H2,1-6H3/p+1/b19-18-,42-38-/t47?,48-,50?/m1/s1. The number of aliphatic hydroxyl groups is 1. The summed E-state index contributed by atoms with van der Waals surface area (Å²) < 4.78 is 23.7. The van der Waals surface area contributed by atoms with Gasteiger partial charge in [0.05, 0.1) is 34.4 Å². The number of rotatable bonds is 45. The third-order valence-corrected chi connectivity index (χ3v) is 14.3. The van der Waals surface area contributed by atoms with Crippen LogP contribution in [0, 0.1) is 5.92 Å². The molecule has 0 aromatic carbocycles. The molecule has 60 heavy (non-hydrogen) atoms. The van der Waals surface area contributed by atoms with Crippen molar-refractivity contribution in [2.24, 2.45) is 5.92 Å².